The fourth-order valence-electron chi connectivity index (χ4n) is 3.78. The number of hydrogen-bond donors (Lipinski definition) is 3. The number of aromatic nitrogens is 8. The second-order valence-corrected chi connectivity index (χ2v) is 6.88. The van der Waals surface area contributed by atoms with Gasteiger partial charge in [0.15, 0.2) is 11.2 Å². The van der Waals surface area contributed by atoms with E-state index in [1.807, 2.05) is 0 Å². The van der Waals surface area contributed by atoms with Gasteiger partial charge in [0.25, 0.3) is 11.5 Å². The van der Waals surface area contributed by atoms with E-state index in [9.17, 15) is 14.4 Å². The lowest BCUT2D eigenvalue weighted by molar-refractivity contribution is 0.177. The van der Waals surface area contributed by atoms with E-state index in [1.165, 1.54) is 0 Å². The average molecular weight is 399 g/mol. The van der Waals surface area contributed by atoms with Crippen molar-refractivity contribution < 1.29 is 4.52 Å². The molecule has 4 aromatic rings. The van der Waals surface area contributed by atoms with E-state index in [4.69, 9.17) is 0 Å². The van der Waals surface area contributed by atoms with Crippen LogP contribution in [0.15, 0.2) is 37.6 Å². The molecule has 0 aromatic carbocycles. The number of nitrogens with one attached hydrogen (secondary N) is 3. The minimum Gasteiger partial charge on any atom is -0.348 e. The van der Waals surface area contributed by atoms with Gasteiger partial charge in [-0.2, -0.15) is 0 Å². The molecule has 1 aliphatic heterocycles. The van der Waals surface area contributed by atoms with Crippen molar-refractivity contribution in [2.75, 3.05) is 13.1 Å². The highest BCUT2D eigenvalue weighted by atomic mass is 16.5. The summed E-state index contributed by atoms with van der Waals surface area (Å²) in [5, 5.41) is 3.58. The lowest BCUT2D eigenvalue weighted by Crippen LogP contribution is -2.36. The van der Waals surface area contributed by atoms with E-state index in [-0.39, 0.29) is 23.2 Å². The Hall–Kier alpha value is -3.74. The zero-order chi connectivity index (χ0) is 20.0. The number of H-pyrrole nitrogens is 3. The summed E-state index contributed by atoms with van der Waals surface area (Å²) in [6, 6.07) is 0.0268. The smallest absolute Gasteiger partial charge is 0.348 e. The second-order valence-electron chi connectivity index (χ2n) is 6.88. The number of aromatic amines is 3. The maximum atomic E-state index is 12.5. The zero-order valence-electron chi connectivity index (χ0n) is 15.2. The monoisotopic (exact) mass is 399 g/mol. The molecule has 0 bridgehead atoms. The Labute approximate surface area is 161 Å². The van der Waals surface area contributed by atoms with Gasteiger partial charge in [-0.15, -0.1) is 0 Å². The number of hydrogen-bond acceptors (Lipinski definition) is 8. The van der Waals surface area contributed by atoms with Crippen molar-refractivity contribution in [3.63, 3.8) is 0 Å². The molecule has 13 heteroatoms. The molecule has 5 rings (SSSR count). The Morgan fingerprint density at radius 2 is 1.97 bits per heavy atom. The first kappa shape index (κ1) is 17.4. The molecule has 1 aliphatic rings. The Kier molecular flexibility index (Phi) is 4.01. The van der Waals surface area contributed by atoms with Crippen LogP contribution in [0.4, 0.5) is 0 Å². The van der Waals surface area contributed by atoms with Gasteiger partial charge in [0, 0.05) is 31.5 Å². The molecule has 0 unspecified atom stereocenters. The average Bonchev–Trinajstić information content (AvgIpc) is 3.44. The van der Waals surface area contributed by atoms with Gasteiger partial charge in [-0.25, -0.2) is 24.1 Å². The first-order chi connectivity index (χ1) is 14.1. The molecule has 0 spiro atoms. The highest BCUT2D eigenvalue weighted by Gasteiger charge is 2.25. The lowest BCUT2D eigenvalue weighted by atomic mass is 10.0. The molecule has 0 radical (unpaired) electrons. The van der Waals surface area contributed by atoms with Crippen LogP contribution in [0.25, 0.3) is 17.1 Å². The van der Waals surface area contributed by atoms with E-state index in [0.29, 0.717) is 0 Å². The van der Waals surface area contributed by atoms with Crippen LogP contribution in [0.2, 0.25) is 0 Å². The van der Waals surface area contributed by atoms with Crippen molar-refractivity contribution in [1.82, 2.24) is 44.1 Å². The van der Waals surface area contributed by atoms with Gasteiger partial charge in [-0.3, -0.25) is 24.2 Å². The molecule has 0 atom stereocenters. The zero-order valence-corrected chi connectivity index (χ0v) is 15.2. The topological polar surface area (TPSA) is 163 Å². The van der Waals surface area contributed by atoms with Crippen molar-refractivity contribution in [3.05, 3.63) is 55.9 Å². The summed E-state index contributed by atoms with van der Waals surface area (Å²) in [4.78, 5) is 54.4. The van der Waals surface area contributed by atoms with Crippen molar-refractivity contribution >= 4 is 11.2 Å². The highest BCUT2D eigenvalue weighted by molar-refractivity contribution is 5.71. The van der Waals surface area contributed by atoms with E-state index in [0.717, 1.165) is 42.9 Å². The normalized spacial score (nSPS) is 16.0. The molecule has 150 valence electrons. The summed E-state index contributed by atoms with van der Waals surface area (Å²) in [5.41, 5.74) is -0.968. The van der Waals surface area contributed by atoms with Gasteiger partial charge in [0.2, 0.25) is 0 Å². The maximum absolute atomic E-state index is 12.5. The predicted molar refractivity (Wildman–Crippen MR) is 98.8 cm³/mol. The minimum atomic E-state index is -0.802. The number of nitrogens with zero attached hydrogens (tertiary/aromatic N) is 6. The molecule has 1 fully saturated rings. The number of piperidine rings is 1. The molecule has 1 saturated heterocycles. The summed E-state index contributed by atoms with van der Waals surface area (Å²) in [6.45, 7) is 2.37. The van der Waals surface area contributed by atoms with Crippen LogP contribution in [0.1, 0.15) is 24.7 Å². The van der Waals surface area contributed by atoms with Crippen LogP contribution in [-0.4, -0.2) is 57.2 Å². The molecular weight excluding hydrogens is 382 g/mol. The maximum Gasteiger partial charge on any atom is 0.440 e. The molecule has 0 aliphatic carbocycles. The third kappa shape index (κ3) is 3.00. The Bertz CT molecular complexity index is 1310. The van der Waals surface area contributed by atoms with Gasteiger partial charge < -0.3 is 9.55 Å². The Morgan fingerprint density at radius 1 is 1.14 bits per heavy atom. The fraction of sp³-hybridized carbons (Fsp3) is 0.375. The fourth-order valence-corrected chi connectivity index (χ4v) is 3.78. The lowest BCUT2D eigenvalue weighted by Gasteiger charge is -2.32. The summed E-state index contributed by atoms with van der Waals surface area (Å²) < 4.78 is 7.42. The van der Waals surface area contributed by atoms with Gasteiger partial charge >= 0.3 is 11.4 Å². The largest absolute Gasteiger partial charge is 0.440 e. The first-order valence-corrected chi connectivity index (χ1v) is 9.09. The summed E-state index contributed by atoms with van der Waals surface area (Å²) in [6.07, 6.45) is 6.65. The molecule has 3 N–H and O–H groups in total. The Balaban J connectivity index is 1.51. The molecule has 13 nitrogen and oxygen atoms in total. The van der Waals surface area contributed by atoms with Crippen molar-refractivity contribution in [2.45, 2.75) is 25.4 Å². The van der Waals surface area contributed by atoms with Gasteiger partial charge in [0.1, 0.15) is 5.82 Å². The van der Waals surface area contributed by atoms with Crippen LogP contribution in [0.3, 0.4) is 0 Å². The third-order valence-corrected chi connectivity index (χ3v) is 5.14. The molecule has 0 amide bonds. The van der Waals surface area contributed by atoms with Crippen molar-refractivity contribution in [3.8, 4) is 5.95 Å². The standard InChI is InChI=1S/C16H17N9O4/c26-12-11-13(25(15(27)20-12)14-21-16(28)29-22-14)24(8-19-11)9-1-5-23(6-2-9)7-10-17-3-4-18-10/h3-4,8-9H,1-2,5-7H2,(H,17,18)(H,20,26,27)(H,21,22,28). The number of likely N-dealkylation sites (tertiary alicyclic amines) is 1. The minimum absolute atomic E-state index is 0.0268. The quantitative estimate of drug-likeness (QED) is 0.398. The highest BCUT2D eigenvalue weighted by Crippen LogP contribution is 2.26. The van der Waals surface area contributed by atoms with E-state index in [1.54, 1.807) is 23.3 Å². The van der Waals surface area contributed by atoms with Crippen molar-refractivity contribution in [1.29, 1.82) is 0 Å². The van der Waals surface area contributed by atoms with Gasteiger partial charge in [-0.05, 0) is 18.0 Å². The predicted octanol–water partition coefficient (Wildman–Crippen LogP) is -0.888. The summed E-state index contributed by atoms with van der Waals surface area (Å²) >= 11 is 0. The van der Waals surface area contributed by atoms with Gasteiger partial charge in [0.05, 0.1) is 12.9 Å². The number of rotatable bonds is 4. The number of imidazole rings is 2. The number of fused-ring (bicyclic) bond motifs is 1. The summed E-state index contributed by atoms with van der Waals surface area (Å²) in [5.74, 6) is -0.00584. The van der Waals surface area contributed by atoms with Gasteiger partial charge in [-0.1, -0.05) is 0 Å². The van der Waals surface area contributed by atoms with Crippen LogP contribution in [-0.2, 0) is 6.54 Å². The molecule has 29 heavy (non-hydrogen) atoms. The first-order valence-electron chi connectivity index (χ1n) is 9.09. The van der Waals surface area contributed by atoms with Crippen molar-refractivity contribution in [2.24, 2.45) is 0 Å². The van der Waals surface area contributed by atoms with Crippen LogP contribution < -0.4 is 17.0 Å². The molecule has 0 saturated carbocycles. The second kappa shape index (κ2) is 6.70. The SMILES string of the molecule is O=c1[nH]c(-n2c(=O)[nH]c(=O)c3ncn(C4CCN(Cc5ncc[nH]5)CC4)c32)no1. The Morgan fingerprint density at radius 3 is 2.66 bits per heavy atom. The molecule has 4 aromatic heterocycles. The third-order valence-electron chi connectivity index (χ3n) is 5.14. The van der Waals surface area contributed by atoms with Crippen LogP contribution in [0, 0.1) is 0 Å². The summed E-state index contributed by atoms with van der Waals surface area (Å²) in [7, 11) is 0. The van der Waals surface area contributed by atoms with E-state index >= 15 is 0 Å². The molecule has 5 heterocycles. The van der Waals surface area contributed by atoms with Crippen LogP contribution in [0.5, 0.6) is 0 Å². The van der Waals surface area contributed by atoms with Crippen LogP contribution >= 0.6 is 0 Å². The molecular formula is C16H17N9O4. The van der Waals surface area contributed by atoms with E-state index in [2.05, 4.69) is 39.5 Å². The van der Waals surface area contributed by atoms with E-state index < -0.39 is 17.0 Å².